The van der Waals surface area contributed by atoms with Crippen molar-refractivity contribution in [3.05, 3.63) is 12.7 Å². The van der Waals surface area contributed by atoms with E-state index in [1.54, 1.807) is 0 Å². The monoisotopic (exact) mass is 196 g/mol. The van der Waals surface area contributed by atoms with Crippen LogP contribution in [0, 0.1) is 0 Å². The third-order valence-corrected chi connectivity index (χ3v) is 2.33. The zero-order valence-corrected chi connectivity index (χ0v) is 7.68. The highest BCUT2D eigenvalue weighted by atomic mass is 16.3. The van der Waals surface area contributed by atoms with Gasteiger partial charge in [-0.05, 0) is 12.8 Å². The molecule has 0 atom stereocenters. The van der Waals surface area contributed by atoms with Crippen LogP contribution in [-0.2, 0) is 11.3 Å². The van der Waals surface area contributed by atoms with Crippen molar-refractivity contribution in [3.8, 4) is 0 Å². The summed E-state index contributed by atoms with van der Waals surface area (Å²) in [7, 11) is 0. The lowest BCUT2D eigenvalue weighted by Gasteiger charge is -2.13. The maximum Gasteiger partial charge on any atom is 0.242 e. The lowest BCUT2D eigenvalue weighted by molar-refractivity contribution is -0.123. The highest BCUT2D eigenvalue weighted by Crippen LogP contribution is 2.34. The van der Waals surface area contributed by atoms with Gasteiger partial charge in [-0.2, -0.15) is 5.10 Å². The average Bonchev–Trinajstić information content (AvgIpc) is 2.74. The van der Waals surface area contributed by atoms with Crippen LogP contribution >= 0.6 is 0 Å². The molecule has 1 heterocycles. The molecule has 0 radical (unpaired) electrons. The number of aliphatic hydroxyl groups excluding tert-OH is 1. The van der Waals surface area contributed by atoms with Crippen LogP contribution in [0.3, 0.4) is 0 Å². The van der Waals surface area contributed by atoms with Gasteiger partial charge < -0.3 is 10.4 Å². The minimum atomic E-state index is -0.350. The SMILES string of the molecule is O=C(Cn1cncn1)NC1(CO)CC1. The molecule has 0 aliphatic heterocycles. The number of aromatic nitrogens is 3. The van der Waals surface area contributed by atoms with E-state index >= 15 is 0 Å². The van der Waals surface area contributed by atoms with Crippen molar-refractivity contribution in [2.75, 3.05) is 6.61 Å². The molecule has 14 heavy (non-hydrogen) atoms. The maximum atomic E-state index is 11.4. The topological polar surface area (TPSA) is 80.0 Å². The number of hydrogen-bond donors (Lipinski definition) is 2. The number of nitrogens with one attached hydrogen (secondary N) is 1. The van der Waals surface area contributed by atoms with E-state index in [0.717, 1.165) is 12.8 Å². The van der Waals surface area contributed by atoms with E-state index in [-0.39, 0.29) is 24.6 Å². The molecule has 1 saturated carbocycles. The highest BCUT2D eigenvalue weighted by Gasteiger charge is 2.43. The van der Waals surface area contributed by atoms with Gasteiger partial charge in [-0.15, -0.1) is 0 Å². The molecule has 0 bridgehead atoms. The Bertz CT molecular complexity index is 318. The molecule has 6 nitrogen and oxygen atoms in total. The van der Waals surface area contributed by atoms with Crippen LogP contribution in [-0.4, -0.2) is 37.9 Å². The third kappa shape index (κ3) is 1.90. The Morgan fingerprint density at radius 3 is 2.93 bits per heavy atom. The van der Waals surface area contributed by atoms with Gasteiger partial charge in [0.1, 0.15) is 19.2 Å². The number of carbonyl (C=O) groups is 1. The normalized spacial score (nSPS) is 17.8. The Labute approximate surface area is 80.9 Å². The molecular formula is C8H12N4O2. The third-order valence-electron chi connectivity index (χ3n) is 2.33. The second kappa shape index (κ2) is 3.38. The van der Waals surface area contributed by atoms with E-state index in [2.05, 4.69) is 15.4 Å². The minimum Gasteiger partial charge on any atom is -0.394 e. The van der Waals surface area contributed by atoms with Gasteiger partial charge >= 0.3 is 0 Å². The average molecular weight is 196 g/mol. The number of carbonyl (C=O) groups excluding carboxylic acids is 1. The van der Waals surface area contributed by atoms with E-state index in [4.69, 9.17) is 5.11 Å². The van der Waals surface area contributed by atoms with Crippen molar-refractivity contribution in [2.45, 2.75) is 24.9 Å². The molecule has 1 amide bonds. The first-order chi connectivity index (χ1) is 6.74. The number of nitrogens with zero attached hydrogens (tertiary/aromatic N) is 3. The Morgan fingerprint density at radius 1 is 1.64 bits per heavy atom. The second-order valence-electron chi connectivity index (χ2n) is 3.58. The van der Waals surface area contributed by atoms with E-state index < -0.39 is 0 Å². The summed E-state index contributed by atoms with van der Waals surface area (Å²) in [5, 5.41) is 15.6. The molecule has 0 saturated heterocycles. The van der Waals surface area contributed by atoms with Crippen molar-refractivity contribution < 1.29 is 9.90 Å². The molecule has 6 heteroatoms. The summed E-state index contributed by atoms with van der Waals surface area (Å²) in [6.07, 6.45) is 4.57. The van der Waals surface area contributed by atoms with Crippen LogP contribution in [0.4, 0.5) is 0 Å². The van der Waals surface area contributed by atoms with Crippen molar-refractivity contribution in [2.24, 2.45) is 0 Å². The molecule has 76 valence electrons. The van der Waals surface area contributed by atoms with Gasteiger partial charge in [0.15, 0.2) is 0 Å². The zero-order chi connectivity index (χ0) is 10.0. The lowest BCUT2D eigenvalue weighted by Crippen LogP contribution is -2.41. The van der Waals surface area contributed by atoms with Crippen LogP contribution in [0.15, 0.2) is 12.7 Å². The predicted molar refractivity (Wildman–Crippen MR) is 47.2 cm³/mol. The molecule has 1 aromatic rings. The second-order valence-corrected chi connectivity index (χ2v) is 3.58. The van der Waals surface area contributed by atoms with Gasteiger partial charge in [0.05, 0.1) is 12.1 Å². The van der Waals surface area contributed by atoms with Crippen molar-refractivity contribution in [1.82, 2.24) is 20.1 Å². The summed E-state index contributed by atoms with van der Waals surface area (Å²) >= 11 is 0. The first kappa shape index (κ1) is 9.14. The molecule has 1 fully saturated rings. The van der Waals surface area contributed by atoms with Crippen molar-refractivity contribution >= 4 is 5.91 Å². The summed E-state index contributed by atoms with van der Waals surface area (Å²) in [6, 6.07) is 0. The number of amides is 1. The summed E-state index contributed by atoms with van der Waals surface area (Å²) in [6.45, 7) is 0.165. The summed E-state index contributed by atoms with van der Waals surface area (Å²) in [4.78, 5) is 15.1. The molecule has 0 spiro atoms. The van der Waals surface area contributed by atoms with E-state index in [9.17, 15) is 4.79 Å². The Balaban J connectivity index is 1.85. The van der Waals surface area contributed by atoms with Gasteiger partial charge in [-0.25, -0.2) is 9.67 Å². The Hall–Kier alpha value is -1.43. The van der Waals surface area contributed by atoms with Crippen LogP contribution < -0.4 is 5.32 Å². The van der Waals surface area contributed by atoms with Gasteiger partial charge in [0, 0.05) is 0 Å². The molecule has 1 aliphatic carbocycles. The fourth-order valence-corrected chi connectivity index (χ4v) is 1.27. The van der Waals surface area contributed by atoms with Gasteiger partial charge in [-0.3, -0.25) is 4.79 Å². The predicted octanol–water partition coefficient (Wildman–Crippen LogP) is -1.08. The van der Waals surface area contributed by atoms with Crippen LogP contribution in [0.2, 0.25) is 0 Å². The van der Waals surface area contributed by atoms with Gasteiger partial charge in [0.25, 0.3) is 0 Å². The number of hydrogen-bond acceptors (Lipinski definition) is 4. The molecule has 2 rings (SSSR count). The van der Waals surface area contributed by atoms with E-state index in [1.165, 1.54) is 17.3 Å². The summed E-state index contributed by atoms with van der Waals surface area (Å²) in [5.41, 5.74) is -0.350. The summed E-state index contributed by atoms with van der Waals surface area (Å²) in [5.74, 6) is -0.137. The lowest BCUT2D eigenvalue weighted by atomic mass is 10.3. The largest absolute Gasteiger partial charge is 0.394 e. The molecule has 2 N–H and O–H groups in total. The van der Waals surface area contributed by atoms with Crippen LogP contribution in [0.5, 0.6) is 0 Å². The summed E-state index contributed by atoms with van der Waals surface area (Å²) < 4.78 is 1.45. The fourth-order valence-electron chi connectivity index (χ4n) is 1.27. The first-order valence-electron chi connectivity index (χ1n) is 4.48. The van der Waals surface area contributed by atoms with E-state index in [1.807, 2.05) is 0 Å². The van der Waals surface area contributed by atoms with Gasteiger partial charge in [-0.1, -0.05) is 0 Å². The van der Waals surface area contributed by atoms with E-state index in [0.29, 0.717) is 0 Å². The van der Waals surface area contributed by atoms with Gasteiger partial charge in [0.2, 0.25) is 5.91 Å². The highest BCUT2D eigenvalue weighted by molar-refractivity contribution is 5.77. The quantitative estimate of drug-likeness (QED) is 0.642. The van der Waals surface area contributed by atoms with Crippen molar-refractivity contribution in [1.29, 1.82) is 0 Å². The smallest absolute Gasteiger partial charge is 0.242 e. The van der Waals surface area contributed by atoms with Crippen molar-refractivity contribution in [3.63, 3.8) is 0 Å². The molecule has 0 unspecified atom stereocenters. The molecule has 0 aromatic carbocycles. The fraction of sp³-hybridized carbons (Fsp3) is 0.625. The molecule has 1 aliphatic rings. The van der Waals surface area contributed by atoms with Crippen LogP contribution in [0.1, 0.15) is 12.8 Å². The first-order valence-corrected chi connectivity index (χ1v) is 4.48. The Kier molecular flexibility index (Phi) is 2.20. The maximum absolute atomic E-state index is 11.4. The standard InChI is InChI=1S/C8H12N4O2/c13-4-8(1-2-8)11-7(14)3-12-6-9-5-10-12/h5-6,13H,1-4H2,(H,11,14). The Morgan fingerprint density at radius 2 is 2.43 bits per heavy atom. The zero-order valence-electron chi connectivity index (χ0n) is 7.68. The van der Waals surface area contributed by atoms with Crippen LogP contribution in [0.25, 0.3) is 0 Å². The number of aliphatic hydroxyl groups is 1. The minimum absolute atomic E-state index is 0.0100. The number of rotatable bonds is 4. The molecular weight excluding hydrogens is 184 g/mol. The molecule has 1 aromatic heterocycles.